The molecule has 116 valence electrons. The molecule has 2 aromatic carbocycles. The lowest BCUT2D eigenvalue weighted by Crippen LogP contribution is -2.12. The van der Waals surface area contributed by atoms with Crippen LogP contribution < -0.4 is 14.8 Å². The Labute approximate surface area is 133 Å². The first-order chi connectivity index (χ1) is 11.2. The average Bonchev–Trinajstić information content (AvgIpc) is 2.61. The Kier molecular flexibility index (Phi) is 4.10. The number of anilines is 1. The third kappa shape index (κ3) is 2.94. The maximum absolute atomic E-state index is 12.6. The first-order valence-corrected chi connectivity index (χ1v) is 7.10. The van der Waals surface area contributed by atoms with Gasteiger partial charge in [-0.3, -0.25) is 9.78 Å². The quantitative estimate of drug-likeness (QED) is 0.801. The zero-order valence-corrected chi connectivity index (χ0v) is 12.9. The van der Waals surface area contributed by atoms with Crippen LogP contribution in [0.15, 0.2) is 54.7 Å². The molecule has 0 aliphatic rings. The van der Waals surface area contributed by atoms with Crippen LogP contribution >= 0.6 is 0 Å². The molecule has 5 heteroatoms. The zero-order chi connectivity index (χ0) is 16.2. The van der Waals surface area contributed by atoms with Gasteiger partial charge in [0.15, 0.2) is 0 Å². The van der Waals surface area contributed by atoms with E-state index in [-0.39, 0.29) is 5.91 Å². The Bertz CT molecular complexity index is 845. The second-order valence-electron chi connectivity index (χ2n) is 4.90. The van der Waals surface area contributed by atoms with Gasteiger partial charge in [-0.15, -0.1) is 0 Å². The van der Waals surface area contributed by atoms with Gasteiger partial charge in [0, 0.05) is 22.8 Å². The molecule has 0 bridgehead atoms. The molecule has 0 aliphatic carbocycles. The molecule has 0 unspecified atom stereocenters. The standard InChI is InChI=1S/C18H16N2O3/c1-22-13-7-5-12(6-8-13)20-18(21)15-9-10-16(23-2)17-14(15)4-3-11-19-17/h3-11H,1-2H3,(H,20,21). The first kappa shape index (κ1) is 14.8. The summed E-state index contributed by atoms with van der Waals surface area (Å²) in [6.45, 7) is 0. The predicted octanol–water partition coefficient (Wildman–Crippen LogP) is 3.50. The molecule has 0 fully saturated rings. The number of benzene rings is 2. The maximum Gasteiger partial charge on any atom is 0.256 e. The Morgan fingerprint density at radius 2 is 1.78 bits per heavy atom. The fourth-order valence-electron chi connectivity index (χ4n) is 2.38. The van der Waals surface area contributed by atoms with Crippen molar-refractivity contribution in [2.24, 2.45) is 0 Å². The van der Waals surface area contributed by atoms with E-state index in [1.807, 2.05) is 6.07 Å². The van der Waals surface area contributed by atoms with E-state index in [1.54, 1.807) is 62.9 Å². The van der Waals surface area contributed by atoms with Gasteiger partial charge in [-0.1, -0.05) is 6.07 Å². The van der Waals surface area contributed by atoms with Crippen molar-refractivity contribution in [2.45, 2.75) is 0 Å². The molecule has 1 amide bonds. The number of nitrogens with one attached hydrogen (secondary N) is 1. The van der Waals surface area contributed by atoms with E-state index in [0.29, 0.717) is 22.5 Å². The fourth-order valence-corrected chi connectivity index (χ4v) is 2.38. The lowest BCUT2D eigenvalue weighted by Gasteiger charge is -2.10. The second kappa shape index (κ2) is 6.36. The molecular formula is C18H16N2O3. The molecule has 0 atom stereocenters. The van der Waals surface area contributed by atoms with E-state index >= 15 is 0 Å². The summed E-state index contributed by atoms with van der Waals surface area (Å²) in [4.78, 5) is 16.9. The summed E-state index contributed by atoms with van der Waals surface area (Å²) in [5.74, 6) is 1.18. The first-order valence-electron chi connectivity index (χ1n) is 7.10. The van der Waals surface area contributed by atoms with Gasteiger partial charge in [0.2, 0.25) is 0 Å². The second-order valence-corrected chi connectivity index (χ2v) is 4.90. The van der Waals surface area contributed by atoms with Gasteiger partial charge in [-0.2, -0.15) is 0 Å². The molecular weight excluding hydrogens is 292 g/mol. The van der Waals surface area contributed by atoms with Crippen molar-refractivity contribution in [3.05, 3.63) is 60.3 Å². The number of hydrogen-bond acceptors (Lipinski definition) is 4. The number of carbonyl (C=O) groups is 1. The molecule has 5 nitrogen and oxygen atoms in total. The monoisotopic (exact) mass is 308 g/mol. The number of aromatic nitrogens is 1. The molecule has 0 saturated carbocycles. The molecule has 3 aromatic rings. The number of fused-ring (bicyclic) bond motifs is 1. The van der Waals surface area contributed by atoms with Crippen LogP contribution in [0.3, 0.4) is 0 Å². The number of amides is 1. The highest BCUT2D eigenvalue weighted by Crippen LogP contribution is 2.27. The van der Waals surface area contributed by atoms with Gasteiger partial charge in [-0.25, -0.2) is 0 Å². The molecule has 1 aromatic heterocycles. The minimum absolute atomic E-state index is 0.198. The number of nitrogens with zero attached hydrogens (tertiary/aromatic N) is 1. The van der Waals surface area contributed by atoms with Crippen LogP contribution in [-0.2, 0) is 0 Å². The molecule has 1 N–H and O–H groups in total. The highest BCUT2D eigenvalue weighted by Gasteiger charge is 2.13. The van der Waals surface area contributed by atoms with Crippen molar-refractivity contribution in [1.82, 2.24) is 4.98 Å². The van der Waals surface area contributed by atoms with Gasteiger partial charge in [-0.05, 0) is 42.5 Å². The molecule has 0 saturated heterocycles. The molecule has 23 heavy (non-hydrogen) atoms. The summed E-state index contributed by atoms with van der Waals surface area (Å²) in [5, 5.41) is 3.62. The highest BCUT2D eigenvalue weighted by molar-refractivity contribution is 6.13. The molecule has 1 heterocycles. The zero-order valence-electron chi connectivity index (χ0n) is 12.9. The third-order valence-electron chi connectivity index (χ3n) is 3.55. The molecule has 0 radical (unpaired) electrons. The molecule has 0 aliphatic heterocycles. The van der Waals surface area contributed by atoms with Crippen molar-refractivity contribution in [3.8, 4) is 11.5 Å². The minimum atomic E-state index is -0.198. The number of carbonyl (C=O) groups excluding carboxylic acids is 1. The van der Waals surface area contributed by atoms with Crippen molar-refractivity contribution < 1.29 is 14.3 Å². The van der Waals surface area contributed by atoms with E-state index in [1.165, 1.54) is 0 Å². The van der Waals surface area contributed by atoms with Crippen molar-refractivity contribution in [3.63, 3.8) is 0 Å². The van der Waals surface area contributed by atoms with Gasteiger partial charge in [0.05, 0.1) is 14.2 Å². The lowest BCUT2D eigenvalue weighted by atomic mass is 10.1. The number of methoxy groups -OCH3 is 2. The van der Waals surface area contributed by atoms with Crippen LogP contribution in [0.5, 0.6) is 11.5 Å². The van der Waals surface area contributed by atoms with E-state index < -0.39 is 0 Å². The summed E-state index contributed by atoms with van der Waals surface area (Å²) >= 11 is 0. The number of ether oxygens (including phenoxy) is 2. The summed E-state index contributed by atoms with van der Waals surface area (Å²) in [7, 11) is 3.19. The SMILES string of the molecule is COc1ccc(NC(=O)c2ccc(OC)c3ncccc23)cc1. The summed E-state index contributed by atoms with van der Waals surface area (Å²) in [6.07, 6.45) is 1.68. The topological polar surface area (TPSA) is 60.5 Å². The van der Waals surface area contributed by atoms with E-state index in [4.69, 9.17) is 9.47 Å². The van der Waals surface area contributed by atoms with Crippen molar-refractivity contribution in [1.29, 1.82) is 0 Å². The number of hydrogen-bond donors (Lipinski definition) is 1. The largest absolute Gasteiger partial charge is 0.497 e. The predicted molar refractivity (Wildman–Crippen MR) is 89.2 cm³/mol. The average molecular weight is 308 g/mol. The molecule has 0 spiro atoms. The summed E-state index contributed by atoms with van der Waals surface area (Å²) < 4.78 is 10.4. The fraction of sp³-hybridized carbons (Fsp3) is 0.111. The lowest BCUT2D eigenvalue weighted by molar-refractivity contribution is 0.102. The van der Waals surface area contributed by atoms with E-state index in [2.05, 4.69) is 10.3 Å². The van der Waals surface area contributed by atoms with Gasteiger partial charge < -0.3 is 14.8 Å². The normalized spacial score (nSPS) is 10.3. The van der Waals surface area contributed by atoms with Gasteiger partial charge in [0.25, 0.3) is 5.91 Å². The van der Waals surface area contributed by atoms with Crippen LogP contribution in [0.2, 0.25) is 0 Å². The Morgan fingerprint density at radius 1 is 1.00 bits per heavy atom. The maximum atomic E-state index is 12.6. The van der Waals surface area contributed by atoms with Gasteiger partial charge >= 0.3 is 0 Å². The Morgan fingerprint density at radius 3 is 2.48 bits per heavy atom. The van der Waals surface area contributed by atoms with Crippen LogP contribution in [0.25, 0.3) is 10.9 Å². The van der Waals surface area contributed by atoms with Crippen LogP contribution in [0.4, 0.5) is 5.69 Å². The smallest absolute Gasteiger partial charge is 0.256 e. The van der Waals surface area contributed by atoms with Crippen molar-refractivity contribution >= 4 is 22.5 Å². The Balaban J connectivity index is 1.94. The van der Waals surface area contributed by atoms with Crippen molar-refractivity contribution in [2.75, 3.05) is 19.5 Å². The number of rotatable bonds is 4. The number of pyridine rings is 1. The van der Waals surface area contributed by atoms with E-state index in [9.17, 15) is 4.79 Å². The summed E-state index contributed by atoms with van der Waals surface area (Å²) in [6, 6.07) is 14.3. The third-order valence-corrected chi connectivity index (χ3v) is 3.55. The van der Waals surface area contributed by atoms with Crippen LogP contribution in [0.1, 0.15) is 10.4 Å². The highest BCUT2D eigenvalue weighted by atomic mass is 16.5. The van der Waals surface area contributed by atoms with Crippen LogP contribution in [0, 0.1) is 0 Å². The van der Waals surface area contributed by atoms with Gasteiger partial charge in [0.1, 0.15) is 17.0 Å². The Hall–Kier alpha value is -3.08. The van der Waals surface area contributed by atoms with E-state index in [0.717, 1.165) is 11.1 Å². The van der Waals surface area contributed by atoms with Crippen LogP contribution in [-0.4, -0.2) is 25.1 Å². The molecule has 3 rings (SSSR count). The summed E-state index contributed by atoms with van der Waals surface area (Å²) in [5.41, 5.74) is 1.91. The minimum Gasteiger partial charge on any atom is -0.497 e.